The second-order valence-electron chi connectivity index (χ2n) is 5.80. The maximum absolute atomic E-state index is 12.2. The van der Waals surface area contributed by atoms with Gasteiger partial charge in [0.1, 0.15) is 0 Å². The molecule has 0 radical (unpaired) electrons. The highest BCUT2D eigenvalue weighted by Gasteiger charge is 2.26. The first-order valence-electron chi connectivity index (χ1n) is 7.34. The van der Waals surface area contributed by atoms with E-state index in [1.54, 1.807) is 0 Å². The minimum absolute atomic E-state index is 0.0576. The van der Waals surface area contributed by atoms with Gasteiger partial charge >= 0.3 is 0 Å². The lowest BCUT2D eigenvalue weighted by atomic mass is 10.0. The lowest BCUT2D eigenvalue weighted by molar-refractivity contribution is -0.133. The molecule has 1 fully saturated rings. The van der Waals surface area contributed by atoms with Crippen molar-refractivity contribution < 1.29 is 9.59 Å². The Labute approximate surface area is 129 Å². The van der Waals surface area contributed by atoms with Gasteiger partial charge in [-0.15, -0.1) is 0 Å². The van der Waals surface area contributed by atoms with Crippen LogP contribution in [0.2, 0.25) is 0 Å². The van der Waals surface area contributed by atoms with Crippen LogP contribution in [0.1, 0.15) is 30.6 Å². The first kappa shape index (κ1) is 16.0. The Balaban J connectivity index is 1.83. The fraction of sp³-hybridized carbons (Fsp3) is 0.600. The van der Waals surface area contributed by atoms with Crippen molar-refractivity contribution in [3.63, 3.8) is 0 Å². The van der Waals surface area contributed by atoms with Crippen molar-refractivity contribution in [3.8, 4) is 0 Å². The summed E-state index contributed by atoms with van der Waals surface area (Å²) in [5.74, 6) is 0.455. The molecule has 0 bridgehead atoms. The molecule has 5 nitrogen and oxygen atoms in total. The Hall–Kier alpha value is -1.40. The third kappa shape index (κ3) is 4.04. The number of carbonyl (C=O) groups is 2. The molecular formula is C15H23N3O2S. The molecule has 0 aliphatic carbocycles. The summed E-state index contributed by atoms with van der Waals surface area (Å²) in [4.78, 5) is 28.0. The monoisotopic (exact) mass is 309 g/mol. The largest absolute Gasteiger partial charge is 0.339 e. The van der Waals surface area contributed by atoms with E-state index in [1.807, 2.05) is 40.5 Å². The van der Waals surface area contributed by atoms with Crippen molar-refractivity contribution in [1.82, 2.24) is 9.80 Å². The van der Waals surface area contributed by atoms with Crippen LogP contribution < -0.4 is 5.73 Å². The molecule has 6 heteroatoms. The molecule has 1 aromatic heterocycles. The van der Waals surface area contributed by atoms with E-state index in [2.05, 4.69) is 0 Å². The molecule has 0 aromatic carbocycles. The Kier molecular flexibility index (Phi) is 5.36. The molecule has 1 aliphatic rings. The molecule has 0 saturated carbocycles. The summed E-state index contributed by atoms with van der Waals surface area (Å²) in [5, 5.41) is 3.77. The summed E-state index contributed by atoms with van der Waals surface area (Å²) in [6, 6.07) is 1.74. The van der Waals surface area contributed by atoms with Crippen molar-refractivity contribution in [2.24, 2.45) is 11.7 Å². The second kappa shape index (κ2) is 7.04. The normalized spacial score (nSPS) is 17.1. The molecule has 2 heterocycles. The van der Waals surface area contributed by atoms with E-state index in [4.69, 9.17) is 5.73 Å². The predicted molar refractivity (Wildman–Crippen MR) is 84.2 cm³/mol. The highest BCUT2D eigenvalue weighted by Crippen LogP contribution is 2.13. The van der Waals surface area contributed by atoms with Crippen LogP contribution in [0.25, 0.3) is 0 Å². The fourth-order valence-corrected chi connectivity index (χ4v) is 2.92. The van der Waals surface area contributed by atoms with Crippen LogP contribution in [0, 0.1) is 5.92 Å². The highest BCUT2D eigenvalue weighted by atomic mass is 32.1. The van der Waals surface area contributed by atoms with E-state index >= 15 is 0 Å². The summed E-state index contributed by atoms with van der Waals surface area (Å²) >= 11 is 1.52. The third-order valence-electron chi connectivity index (χ3n) is 3.95. The average Bonchev–Trinajstić information content (AvgIpc) is 3.00. The van der Waals surface area contributed by atoms with Crippen molar-refractivity contribution in [2.45, 2.75) is 26.3 Å². The van der Waals surface area contributed by atoms with Crippen LogP contribution in [0.5, 0.6) is 0 Å². The quantitative estimate of drug-likeness (QED) is 0.914. The third-order valence-corrected chi connectivity index (χ3v) is 4.64. The second-order valence-corrected chi connectivity index (χ2v) is 6.58. The van der Waals surface area contributed by atoms with Gasteiger partial charge in [-0.05, 0) is 17.4 Å². The van der Waals surface area contributed by atoms with E-state index in [9.17, 15) is 9.59 Å². The number of hydrogen-bond acceptors (Lipinski definition) is 4. The van der Waals surface area contributed by atoms with Gasteiger partial charge in [-0.3, -0.25) is 9.59 Å². The number of nitrogens with two attached hydrogens (primary N) is 1. The van der Waals surface area contributed by atoms with Gasteiger partial charge in [0.15, 0.2) is 0 Å². The molecule has 1 aliphatic heterocycles. The van der Waals surface area contributed by atoms with Gasteiger partial charge in [0, 0.05) is 44.0 Å². The summed E-state index contributed by atoms with van der Waals surface area (Å²) in [7, 11) is 0. The molecule has 116 valence electrons. The Bertz CT molecular complexity index is 479. The number of rotatable bonds is 4. The zero-order chi connectivity index (χ0) is 15.4. The van der Waals surface area contributed by atoms with Crippen LogP contribution >= 0.6 is 11.3 Å². The van der Waals surface area contributed by atoms with Crippen molar-refractivity contribution >= 4 is 23.2 Å². The molecule has 1 aromatic rings. The van der Waals surface area contributed by atoms with Gasteiger partial charge in [0.05, 0.1) is 5.56 Å². The van der Waals surface area contributed by atoms with Crippen LogP contribution in [-0.4, -0.2) is 53.8 Å². The van der Waals surface area contributed by atoms with Crippen LogP contribution in [-0.2, 0) is 4.79 Å². The lowest BCUT2D eigenvalue weighted by Gasteiger charge is -2.35. The van der Waals surface area contributed by atoms with E-state index < -0.39 is 0 Å². The number of piperazine rings is 1. The van der Waals surface area contributed by atoms with Gasteiger partial charge in [-0.1, -0.05) is 13.8 Å². The molecular weight excluding hydrogens is 286 g/mol. The topological polar surface area (TPSA) is 66.6 Å². The smallest absolute Gasteiger partial charge is 0.254 e. The molecule has 1 atom stereocenters. The molecule has 1 saturated heterocycles. The zero-order valence-electron chi connectivity index (χ0n) is 12.6. The maximum Gasteiger partial charge on any atom is 0.254 e. The zero-order valence-corrected chi connectivity index (χ0v) is 13.4. The standard InChI is InChI=1S/C15H23N3O2S/c1-11(2)13(16)9-14(19)17-4-6-18(7-5-17)15(20)12-3-8-21-10-12/h3,8,10-11,13H,4-7,9,16H2,1-2H3. The van der Waals surface area contributed by atoms with Crippen molar-refractivity contribution in [2.75, 3.05) is 26.2 Å². The summed E-state index contributed by atoms with van der Waals surface area (Å²) < 4.78 is 0. The predicted octanol–water partition coefficient (Wildman–Crippen LogP) is 1.41. The molecule has 21 heavy (non-hydrogen) atoms. The van der Waals surface area contributed by atoms with Gasteiger partial charge in [-0.2, -0.15) is 11.3 Å². The van der Waals surface area contributed by atoms with E-state index in [1.165, 1.54) is 11.3 Å². The lowest BCUT2D eigenvalue weighted by Crippen LogP contribution is -2.51. The average molecular weight is 309 g/mol. The fourth-order valence-electron chi connectivity index (χ4n) is 2.29. The highest BCUT2D eigenvalue weighted by molar-refractivity contribution is 7.08. The number of thiophene rings is 1. The van der Waals surface area contributed by atoms with Crippen LogP contribution in [0.15, 0.2) is 16.8 Å². The number of amides is 2. The van der Waals surface area contributed by atoms with Gasteiger partial charge < -0.3 is 15.5 Å². The van der Waals surface area contributed by atoms with Crippen molar-refractivity contribution in [1.29, 1.82) is 0 Å². The molecule has 2 amide bonds. The Morgan fingerprint density at radius 1 is 1.24 bits per heavy atom. The number of hydrogen-bond donors (Lipinski definition) is 1. The summed E-state index contributed by atoms with van der Waals surface area (Å²) in [6.07, 6.45) is 0.385. The van der Waals surface area contributed by atoms with Gasteiger partial charge in [0.2, 0.25) is 5.91 Å². The molecule has 2 N–H and O–H groups in total. The van der Waals surface area contributed by atoms with Gasteiger partial charge in [0.25, 0.3) is 5.91 Å². The van der Waals surface area contributed by atoms with E-state index in [0.29, 0.717) is 38.5 Å². The van der Waals surface area contributed by atoms with E-state index in [0.717, 1.165) is 5.56 Å². The summed E-state index contributed by atoms with van der Waals surface area (Å²) in [6.45, 7) is 6.43. The van der Waals surface area contributed by atoms with Crippen molar-refractivity contribution in [3.05, 3.63) is 22.4 Å². The first-order chi connectivity index (χ1) is 9.99. The van der Waals surface area contributed by atoms with Crippen LogP contribution in [0.4, 0.5) is 0 Å². The SMILES string of the molecule is CC(C)C(N)CC(=O)N1CCN(C(=O)c2ccsc2)CC1. The Morgan fingerprint density at radius 3 is 2.38 bits per heavy atom. The molecule has 1 unspecified atom stereocenters. The summed E-state index contributed by atoms with van der Waals surface area (Å²) in [5.41, 5.74) is 6.69. The van der Waals surface area contributed by atoms with Crippen LogP contribution in [0.3, 0.4) is 0 Å². The maximum atomic E-state index is 12.2. The Morgan fingerprint density at radius 2 is 1.86 bits per heavy atom. The number of carbonyl (C=O) groups excluding carboxylic acids is 2. The van der Waals surface area contributed by atoms with E-state index in [-0.39, 0.29) is 17.9 Å². The first-order valence-corrected chi connectivity index (χ1v) is 8.28. The molecule has 2 rings (SSSR count). The molecule has 0 spiro atoms. The van der Waals surface area contributed by atoms with Gasteiger partial charge in [-0.25, -0.2) is 0 Å². The number of nitrogens with zero attached hydrogens (tertiary/aromatic N) is 2. The minimum Gasteiger partial charge on any atom is -0.339 e. The minimum atomic E-state index is -0.0945.